The zero-order chi connectivity index (χ0) is 13.9. The molecule has 0 spiro atoms. The van der Waals surface area contributed by atoms with Gasteiger partial charge in [-0.05, 0) is 24.7 Å². The van der Waals surface area contributed by atoms with Gasteiger partial charge in [0, 0.05) is 18.3 Å². The zero-order valence-electron chi connectivity index (χ0n) is 10.3. The van der Waals surface area contributed by atoms with E-state index < -0.39 is 11.7 Å². The summed E-state index contributed by atoms with van der Waals surface area (Å²) in [6, 6.07) is 5.22. The highest BCUT2D eigenvalue weighted by molar-refractivity contribution is 7.09. The van der Waals surface area contributed by atoms with Gasteiger partial charge in [0.1, 0.15) is 0 Å². The molecule has 0 fully saturated rings. The first-order valence-corrected chi connectivity index (χ1v) is 6.61. The van der Waals surface area contributed by atoms with E-state index in [4.69, 9.17) is 0 Å². The number of aromatic nitrogens is 1. The average molecular weight is 286 g/mol. The number of thiazole rings is 1. The van der Waals surface area contributed by atoms with E-state index in [1.807, 2.05) is 12.4 Å². The van der Waals surface area contributed by atoms with Gasteiger partial charge in [0.05, 0.1) is 16.3 Å². The number of alkyl halides is 3. The first-order valence-electron chi connectivity index (χ1n) is 5.73. The minimum atomic E-state index is -4.28. The number of nitrogens with zero attached hydrogens (tertiary/aromatic N) is 1. The lowest BCUT2D eigenvalue weighted by atomic mass is 10.1. The van der Waals surface area contributed by atoms with Crippen molar-refractivity contribution in [2.75, 3.05) is 7.05 Å². The Morgan fingerprint density at radius 1 is 1.21 bits per heavy atom. The standard InChI is InChI=1S/C13H13F3N2S/c1-17-7-11-8-19-12(18-11)6-9-2-4-10(5-3-9)13(14,15)16/h2-5,8,17H,6-7H2,1H3. The predicted molar refractivity (Wildman–Crippen MR) is 69.1 cm³/mol. The van der Waals surface area contributed by atoms with E-state index in [1.54, 1.807) is 0 Å². The van der Waals surface area contributed by atoms with Crippen molar-refractivity contribution in [3.05, 3.63) is 51.5 Å². The van der Waals surface area contributed by atoms with E-state index in [0.717, 1.165) is 28.4 Å². The molecule has 102 valence electrons. The van der Waals surface area contributed by atoms with Crippen LogP contribution >= 0.6 is 11.3 Å². The number of hydrogen-bond acceptors (Lipinski definition) is 3. The van der Waals surface area contributed by atoms with E-state index in [0.29, 0.717) is 13.0 Å². The van der Waals surface area contributed by atoms with E-state index in [-0.39, 0.29) is 0 Å². The van der Waals surface area contributed by atoms with Crippen LogP contribution < -0.4 is 5.32 Å². The molecule has 19 heavy (non-hydrogen) atoms. The third kappa shape index (κ3) is 3.78. The van der Waals surface area contributed by atoms with Gasteiger partial charge in [0.15, 0.2) is 0 Å². The highest BCUT2D eigenvalue weighted by atomic mass is 32.1. The van der Waals surface area contributed by atoms with Crippen LogP contribution in [0.4, 0.5) is 13.2 Å². The summed E-state index contributed by atoms with van der Waals surface area (Å²) in [4.78, 5) is 4.40. The van der Waals surface area contributed by atoms with Crippen molar-refractivity contribution in [1.82, 2.24) is 10.3 Å². The summed E-state index contributed by atoms with van der Waals surface area (Å²) in [7, 11) is 1.84. The molecule has 0 saturated heterocycles. The lowest BCUT2D eigenvalue weighted by Crippen LogP contribution is -2.05. The van der Waals surface area contributed by atoms with E-state index in [9.17, 15) is 13.2 Å². The Morgan fingerprint density at radius 2 is 1.89 bits per heavy atom. The quantitative estimate of drug-likeness (QED) is 0.931. The molecule has 6 heteroatoms. The van der Waals surface area contributed by atoms with E-state index >= 15 is 0 Å². The number of benzene rings is 1. The Kier molecular flexibility index (Phi) is 4.21. The summed E-state index contributed by atoms with van der Waals surface area (Å²) in [5, 5.41) is 5.87. The zero-order valence-corrected chi connectivity index (χ0v) is 11.1. The van der Waals surface area contributed by atoms with Crippen LogP contribution in [0.25, 0.3) is 0 Å². The molecule has 0 aliphatic carbocycles. The maximum Gasteiger partial charge on any atom is 0.416 e. The fraction of sp³-hybridized carbons (Fsp3) is 0.308. The molecule has 0 bridgehead atoms. The lowest BCUT2D eigenvalue weighted by molar-refractivity contribution is -0.137. The lowest BCUT2D eigenvalue weighted by Gasteiger charge is -2.06. The number of hydrogen-bond donors (Lipinski definition) is 1. The molecule has 2 aromatic rings. The molecular weight excluding hydrogens is 273 g/mol. The Hall–Kier alpha value is -1.40. The summed E-state index contributed by atoms with van der Waals surface area (Å²) in [6.07, 6.45) is -3.72. The number of nitrogens with one attached hydrogen (secondary N) is 1. The highest BCUT2D eigenvalue weighted by Crippen LogP contribution is 2.29. The molecule has 0 amide bonds. The van der Waals surface area contributed by atoms with E-state index in [2.05, 4.69) is 10.3 Å². The van der Waals surface area contributed by atoms with Gasteiger partial charge in [-0.1, -0.05) is 12.1 Å². The van der Waals surface area contributed by atoms with Crippen molar-refractivity contribution < 1.29 is 13.2 Å². The summed E-state index contributed by atoms with van der Waals surface area (Å²) >= 11 is 1.52. The molecule has 0 aliphatic heterocycles. The van der Waals surface area contributed by atoms with Crippen molar-refractivity contribution in [2.45, 2.75) is 19.1 Å². The van der Waals surface area contributed by atoms with Gasteiger partial charge in [0.2, 0.25) is 0 Å². The fourth-order valence-electron chi connectivity index (χ4n) is 1.68. The third-order valence-electron chi connectivity index (χ3n) is 2.59. The maximum absolute atomic E-state index is 12.4. The average Bonchev–Trinajstić information content (AvgIpc) is 2.77. The van der Waals surface area contributed by atoms with Gasteiger partial charge in [-0.2, -0.15) is 13.2 Å². The Balaban J connectivity index is 2.06. The van der Waals surface area contributed by atoms with Gasteiger partial charge >= 0.3 is 6.18 Å². The van der Waals surface area contributed by atoms with Gasteiger partial charge in [0.25, 0.3) is 0 Å². The SMILES string of the molecule is CNCc1csc(Cc2ccc(C(F)(F)F)cc2)n1. The smallest absolute Gasteiger partial charge is 0.314 e. The molecule has 1 aromatic heterocycles. The van der Waals surface area contributed by atoms with E-state index in [1.165, 1.54) is 23.5 Å². The van der Waals surface area contributed by atoms with Gasteiger partial charge in [-0.15, -0.1) is 11.3 Å². The molecule has 2 nitrogen and oxygen atoms in total. The minimum Gasteiger partial charge on any atom is -0.314 e. The first-order chi connectivity index (χ1) is 8.99. The fourth-order valence-corrected chi connectivity index (χ4v) is 2.51. The minimum absolute atomic E-state index is 0.562. The number of rotatable bonds is 4. The largest absolute Gasteiger partial charge is 0.416 e. The van der Waals surface area contributed by atoms with Gasteiger partial charge < -0.3 is 5.32 Å². The van der Waals surface area contributed by atoms with Crippen molar-refractivity contribution in [3.8, 4) is 0 Å². The van der Waals surface area contributed by atoms with Crippen molar-refractivity contribution >= 4 is 11.3 Å². The molecule has 0 radical (unpaired) electrons. The summed E-state index contributed by atoms with van der Waals surface area (Å²) in [5.74, 6) is 0. The normalized spacial score (nSPS) is 11.8. The molecule has 0 aliphatic rings. The maximum atomic E-state index is 12.4. The Bertz CT molecular complexity index is 532. The molecular formula is C13H13F3N2S. The van der Waals surface area contributed by atoms with Crippen LogP contribution in [-0.4, -0.2) is 12.0 Å². The van der Waals surface area contributed by atoms with Gasteiger partial charge in [-0.3, -0.25) is 0 Å². The molecule has 0 saturated carbocycles. The molecule has 0 unspecified atom stereocenters. The predicted octanol–water partition coefficient (Wildman–Crippen LogP) is 3.47. The van der Waals surface area contributed by atoms with Gasteiger partial charge in [-0.25, -0.2) is 4.98 Å². The molecule has 1 heterocycles. The summed E-state index contributed by atoms with van der Waals surface area (Å²) in [6.45, 7) is 0.698. The van der Waals surface area contributed by atoms with Crippen LogP contribution in [0.15, 0.2) is 29.6 Å². The van der Waals surface area contributed by atoms with Crippen LogP contribution in [0, 0.1) is 0 Å². The Labute approximate surface area is 113 Å². The topological polar surface area (TPSA) is 24.9 Å². The second-order valence-corrected chi connectivity index (χ2v) is 5.08. The number of halogens is 3. The van der Waals surface area contributed by atoms with Crippen molar-refractivity contribution in [2.24, 2.45) is 0 Å². The highest BCUT2D eigenvalue weighted by Gasteiger charge is 2.29. The van der Waals surface area contributed by atoms with Crippen molar-refractivity contribution in [1.29, 1.82) is 0 Å². The Morgan fingerprint density at radius 3 is 2.47 bits per heavy atom. The van der Waals surface area contributed by atoms with Crippen LogP contribution in [0.5, 0.6) is 0 Å². The van der Waals surface area contributed by atoms with Crippen molar-refractivity contribution in [3.63, 3.8) is 0 Å². The van der Waals surface area contributed by atoms with Crippen LogP contribution in [-0.2, 0) is 19.1 Å². The second-order valence-electron chi connectivity index (χ2n) is 4.13. The van der Waals surface area contributed by atoms with Crippen LogP contribution in [0.1, 0.15) is 21.8 Å². The second kappa shape index (κ2) is 5.71. The summed E-state index contributed by atoms with van der Waals surface area (Å²) in [5.41, 5.74) is 1.17. The van der Waals surface area contributed by atoms with Crippen LogP contribution in [0.3, 0.4) is 0 Å². The van der Waals surface area contributed by atoms with Crippen LogP contribution in [0.2, 0.25) is 0 Å². The molecule has 2 rings (SSSR count). The summed E-state index contributed by atoms with van der Waals surface area (Å²) < 4.78 is 37.3. The molecule has 1 N–H and O–H groups in total. The molecule has 1 aromatic carbocycles. The molecule has 0 atom stereocenters. The first kappa shape index (κ1) is 14.0. The third-order valence-corrected chi connectivity index (χ3v) is 3.49. The monoisotopic (exact) mass is 286 g/mol.